The second-order valence-corrected chi connectivity index (χ2v) is 11.4. The lowest BCUT2D eigenvalue weighted by molar-refractivity contribution is -0.385. The lowest BCUT2D eigenvalue weighted by atomic mass is 9.54. The van der Waals surface area contributed by atoms with E-state index in [1.165, 1.54) is 24.3 Å². The maximum absolute atomic E-state index is 14.2. The van der Waals surface area contributed by atoms with Gasteiger partial charge < -0.3 is 10.5 Å². The minimum atomic E-state index is -1.73. The fourth-order valence-corrected chi connectivity index (χ4v) is 7.62. The van der Waals surface area contributed by atoms with Gasteiger partial charge in [-0.2, -0.15) is 0 Å². The predicted molar refractivity (Wildman–Crippen MR) is 145 cm³/mol. The monoisotopic (exact) mass is 593 g/mol. The number of nitrogens with two attached hydrogens (primary N) is 1. The SMILES string of the molecule is NC(=O)C[C@H](C(=O)OCc1ccccc1[N+](=O)[O-])N1C(=O)[C@@H]2[C@@H](C1=O)C1(Cl)c3ccccc3C2(Cl)c2ccccc21. The van der Waals surface area contributed by atoms with Crippen LogP contribution in [0.15, 0.2) is 72.8 Å². The highest BCUT2D eigenvalue weighted by Crippen LogP contribution is 2.69. The molecular weight excluding hydrogens is 573 g/mol. The number of likely N-dealkylation sites (tertiary alicyclic amines) is 1. The van der Waals surface area contributed by atoms with Crippen LogP contribution in [0.25, 0.3) is 0 Å². The van der Waals surface area contributed by atoms with Crippen LogP contribution in [-0.4, -0.2) is 39.6 Å². The summed E-state index contributed by atoms with van der Waals surface area (Å²) in [5.74, 6) is -6.08. The van der Waals surface area contributed by atoms with Crippen molar-refractivity contribution in [3.05, 3.63) is 111 Å². The van der Waals surface area contributed by atoms with Crippen LogP contribution in [0.4, 0.5) is 5.69 Å². The molecular formula is C29H21Cl2N3O7. The molecule has 10 nitrogen and oxygen atoms in total. The molecule has 2 bridgehead atoms. The van der Waals surface area contributed by atoms with E-state index in [0.717, 1.165) is 0 Å². The Morgan fingerprint density at radius 1 is 0.878 bits per heavy atom. The molecule has 0 aromatic heterocycles. The van der Waals surface area contributed by atoms with Crippen molar-refractivity contribution in [2.75, 3.05) is 0 Å². The molecule has 0 radical (unpaired) electrons. The van der Waals surface area contributed by atoms with Gasteiger partial charge in [0.15, 0.2) is 0 Å². The second kappa shape index (κ2) is 9.39. The number of ether oxygens (including phenoxy) is 1. The van der Waals surface area contributed by atoms with Crippen LogP contribution in [-0.2, 0) is 40.3 Å². The number of imide groups is 1. The number of esters is 1. The number of nitrogens with zero attached hydrogens (tertiary/aromatic N) is 2. The first-order valence-corrected chi connectivity index (χ1v) is 13.4. The second-order valence-electron chi connectivity index (χ2n) is 10.2. The Kier molecular flexibility index (Phi) is 6.16. The minimum absolute atomic E-state index is 0.0831. The lowest BCUT2D eigenvalue weighted by Gasteiger charge is -2.54. The smallest absolute Gasteiger partial charge is 0.330 e. The van der Waals surface area contributed by atoms with Crippen molar-refractivity contribution in [3.8, 4) is 0 Å². The standard InChI is InChI=1S/C29H21Cl2N3O7/c30-28-16-8-2-3-9-17(16)29(31,19-11-5-4-10-18(19)28)24-23(28)25(36)33(26(24)37)21(13-22(32)35)27(38)41-14-15-7-1-6-12-20(15)34(39)40/h1-12,21,23-24H,13-14H2,(H2,32,35)/t21-,23+,24+,28?,29?/m1/s1. The number of amides is 3. The fraction of sp³-hybridized carbons (Fsp3) is 0.241. The highest BCUT2D eigenvalue weighted by atomic mass is 35.5. The molecule has 1 heterocycles. The summed E-state index contributed by atoms with van der Waals surface area (Å²) in [5.41, 5.74) is 7.52. The Balaban J connectivity index is 1.42. The summed E-state index contributed by atoms with van der Waals surface area (Å²) in [6, 6.07) is 18.0. The van der Waals surface area contributed by atoms with Crippen molar-refractivity contribution in [2.45, 2.75) is 28.8 Å². The first-order valence-electron chi connectivity index (χ1n) is 12.6. The van der Waals surface area contributed by atoms with Crippen LogP contribution in [0.3, 0.4) is 0 Å². The van der Waals surface area contributed by atoms with Crippen LogP contribution in [0.5, 0.6) is 0 Å². The Labute approximate surface area is 243 Å². The molecule has 3 amide bonds. The zero-order valence-corrected chi connectivity index (χ0v) is 22.7. The number of carbonyl (C=O) groups excluding carboxylic acids is 4. The zero-order valence-electron chi connectivity index (χ0n) is 21.2. The maximum Gasteiger partial charge on any atom is 0.330 e. The Hall–Kier alpha value is -4.28. The molecule has 3 aromatic rings. The summed E-state index contributed by atoms with van der Waals surface area (Å²) in [6.07, 6.45) is -0.725. The van der Waals surface area contributed by atoms with Gasteiger partial charge >= 0.3 is 5.97 Å². The number of carbonyl (C=O) groups is 4. The van der Waals surface area contributed by atoms with Gasteiger partial charge in [-0.15, -0.1) is 23.2 Å². The molecule has 4 aliphatic rings. The highest BCUT2D eigenvalue weighted by molar-refractivity contribution is 6.36. The Morgan fingerprint density at radius 3 is 1.76 bits per heavy atom. The maximum atomic E-state index is 14.2. The molecule has 12 heteroatoms. The van der Waals surface area contributed by atoms with Crippen molar-refractivity contribution in [3.63, 3.8) is 0 Å². The molecule has 3 aliphatic carbocycles. The van der Waals surface area contributed by atoms with Gasteiger partial charge in [-0.3, -0.25) is 29.4 Å². The van der Waals surface area contributed by atoms with Gasteiger partial charge in [0.1, 0.15) is 22.4 Å². The molecule has 1 saturated heterocycles. The van der Waals surface area contributed by atoms with Crippen molar-refractivity contribution in [1.29, 1.82) is 0 Å². The summed E-state index contributed by atoms with van der Waals surface area (Å²) < 4.78 is 5.32. The molecule has 208 valence electrons. The first kappa shape index (κ1) is 26.9. The molecule has 7 rings (SSSR count). The lowest BCUT2D eigenvalue weighted by Crippen LogP contribution is -2.57. The van der Waals surface area contributed by atoms with E-state index in [1.807, 2.05) is 0 Å². The minimum Gasteiger partial charge on any atom is -0.459 e. The number of primary amides is 1. The number of nitro groups is 1. The number of alkyl halides is 2. The third kappa shape index (κ3) is 3.63. The van der Waals surface area contributed by atoms with Gasteiger partial charge in [0.05, 0.1) is 28.7 Å². The topological polar surface area (TPSA) is 150 Å². The van der Waals surface area contributed by atoms with Crippen LogP contribution in [0.2, 0.25) is 0 Å². The van der Waals surface area contributed by atoms with E-state index in [2.05, 4.69) is 0 Å². The molecule has 0 spiro atoms. The molecule has 41 heavy (non-hydrogen) atoms. The molecule has 1 fully saturated rings. The number of hydrogen-bond acceptors (Lipinski definition) is 7. The predicted octanol–water partition coefficient (Wildman–Crippen LogP) is 3.48. The summed E-state index contributed by atoms with van der Waals surface area (Å²) in [6.45, 7) is -0.538. The summed E-state index contributed by atoms with van der Waals surface area (Å²) in [4.78, 5) is 62.2. The van der Waals surface area contributed by atoms with E-state index in [1.54, 1.807) is 48.5 Å². The number of halogens is 2. The van der Waals surface area contributed by atoms with Crippen molar-refractivity contribution < 1.29 is 28.8 Å². The van der Waals surface area contributed by atoms with Gasteiger partial charge in [0, 0.05) is 6.07 Å². The molecule has 3 atom stereocenters. The summed E-state index contributed by atoms with van der Waals surface area (Å²) in [7, 11) is 0. The average Bonchev–Trinajstić information content (AvgIpc) is 3.24. The van der Waals surface area contributed by atoms with Crippen LogP contribution < -0.4 is 5.73 Å². The molecule has 2 N–H and O–H groups in total. The first-order chi connectivity index (χ1) is 19.5. The molecule has 3 aromatic carbocycles. The Morgan fingerprint density at radius 2 is 1.32 bits per heavy atom. The summed E-state index contributed by atoms with van der Waals surface area (Å²) in [5, 5.41) is 11.4. The van der Waals surface area contributed by atoms with Gasteiger partial charge in [0.2, 0.25) is 17.7 Å². The van der Waals surface area contributed by atoms with Gasteiger partial charge in [0.25, 0.3) is 5.69 Å². The van der Waals surface area contributed by atoms with Gasteiger partial charge in [-0.25, -0.2) is 4.79 Å². The van der Waals surface area contributed by atoms with Crippen LogP contribution in [0.1, 0.15) is 34.2 Å². The number of para-hydroxylation sites is 1. The quantitative estimate of drug-likeness (QED) is 0.145. The van der Waals surface area contributed by atoms with Crippen molar-refractivity contribution in [2.24, 2.45) is 17.6 Å². The van der Waals surface area contributed by atoms with Crippen LogP contribution >= 0.6 is 23.2 Å². The molecule has 0 saturated carbocycles. The van der Waals surface area contributed by atoms with E-state index >= 15 is 0 Å². The molecule has 1 aliphatic heterocycles. The highest BCUT2D eigenvalue weighted by Gasteiger charge is 2.73. The van der Waals surface area contributed by atoms with E-state index in [-0.39, 0.29) is 11.3 Å². The number of hydrogen-bond donors (Lipinski definition) is 1. The van der Waals surface area contributed by atoms with Gasteiger partial charge in [-0.05, 0) is 28.3 Å². The normalized spacial score (nSPS) is 26.1. The van der Waals surface area contributed by atoms with Crippen molar-refractivity contribution in [1.82, 2.24) is 4.90 Å². The molecule has 0 unspecified atom stereocenters. The average molecular weight is 594 g/mol. The van der Waals surface area contributed by atoms with E-state index in [9.17, 15) is 29.3 Å². The van der Waals surface area contributed by atoms with Crippen molar-refractivity contribution >= 4 is 52.6 Å². The van der Waals surface area contributed by atoms with Gasteiger partial charge in [-0.1, -0.05) is 60.7 Å². The van der Waals surface area contributed by atoms with E-state index < -0.39 is 69.3 Å². The van der Waals surface area contributed by atoms with E-state index in [4.69, 9.17) is 33.7 Å². The zero-order chi connectivity index (χ0) is 29.3. The number of nitro benzene ring substituents is 1. The third-order valence-corrected chi connectivity index (χ3v) is 9.44. The number of rotatable bonds is 7. The fourth-order valence-electron chi connectivity index (χ4n) is 6.52. The van der Waals surface area contributed by atoms with Crippen LogP contribution in [0, 0.1) is 22.0 Å². The summed E-state index contributed by atoms with van der Waals surface area (Å²) >= 11 is 14.8. The third-order valence-electron chi connectivity index (χ3n) is 8.16. The number of benzene rings is 3. The largest absolute Gasteiger partial charge is 0.459 e. The van der Waals surface area contributed by atoms with E-state index in [0.29, 0.717) is 27.2 Å². The Bertz CT molecular complexity index is 1550.